The van der Waals surface area contributed by atoms with Crippen molar-refractivity contribution >= 4 is 36.5 Å². The number of nitrogens with one attached hydrogen (secondary N) is 6. The Balaban J connectivity index is -0.000000251. The van der Waals surface area contributed by atoms with Crippen molar-refractivity contribution in [2.24, 2.45) is 0 Å². The lowest BCUT2D eigenvalue weighted by atomic mass is 9.85. The molecule has 188 valence electrons. The Labute approximate surface area is 211 Å². The van der Waals surface area contributed by atoms with Crippen LogP contribution in [0.3, 0.4) is 0 Å². The van der Waals surface area contributed by atoms with E-state index in [4.69, 9.17) is 61.2 Å². The van der Waals surface area contributed by atoms with Crippen LogP contribution in [0.2, 0.25) is 0 Å². The topological polar surface area (TPSA) is 246 Å². The van der Waals surface area contributed by atoms with Crippen molar-refractivity contribution in [1.82, 2.24) is 0 Å². The Kier molecular flexibility index (Phi) is 35.7. The van der Waals surface area contributed by atoms with E-state index in [1.807, 2.05) is 0 Å². The van der Waals surface area contributed by atoms with Crippen LogP contribution in [0.4, 0.5) is 0 Å². The predicted molar refractivity (Wildman–Crippen MR) is 131 cm³/mol. The lowest BCUT2D eigenvalue weighted by Crippen LogP contribution is -2.02. The van der Waals surface area contributed by atoms with Gasteiger partial charge in [-0.2, -0.15) is 0 Å². The molecule has 37 heavy (non-hydrogen) atoms. The van der Waals surface area contributed by atoms with Gasteiger partial charge in [0.2, 0.25) is 36.5 Å². The van der Waals surface area contributed by atoms with Gasteiger partial charge in [-0.25, -0.2) is 61.2 Å². The molecular weight excluding hydrogens is 480 g/mol. The van der Waals surface area contributed by atoms with E-state index in [1.54, 1.807) is 0 Å². The van der Waals surface area contributed by atoms with Crippen molar-refractivity contribution in [3.8, 4) is 0 Å². The first-order valence-corrected chi connectivity index (χ1v) is 9.32. The number of hydrogen-bond donors (Lipinski definition) is 6. The van der Waals surface area contributed by atoms with Gasteiger partial charge in [-0.1, -0.05) is 91.0 Å². The van der Waals surface area contributed by atoms with E-state index in [-0.39, 0.29) is 0 Å². The van der Waals surface area contributed by atoms with E-state index in [0.29, 0.717) is 5.92 Å². The first kappa shape index (κ1) is 38.2. The van der Waals surface area contributed by atoms with Gasteiger partial charge in [-0.3, -0.25) is 0 Å². The molecule has 0 fully saturated rings. The molecule has 0 saturated heterocycles. The van der Waals surface area contributed by atoms with Crippen LogP contribution in [-0.2, 0) is 28.8 Å². The van der Waals surface area contributed by atoms with Gasteiger partial charge in [0.05, 0.1) is 0 Å². The fourth-order valence-corrected chi connectivity index (χ4v) is 2.51. The number of hydrogen-bond acceptors (Lipinski definition) is 12. The maximum absolute atomic E-state index is 8.35. The third-order valence-electron chi connectivity index (χ3n) is 3.40. The summed E-state index contributed by atoms with van der Waals surface area (Å²) in [7, 11) is 0. The standard InChI is InChI=1S/C19H16.6CHNO/c1-4-10-16(11-5-1)19(17-12-6-2-7-13-17)18-14-8-3-9-15-18;6*2-1-3/h1-15,19H;6*2H. The third kappa shape index (κ3) is 26.1. The minimum Gasteiger partial charge on any atom is -0.222 e. The highest BCUT2D eigenvalue weighted by atomic mass is 16.1. The van der Waals surface area contributed by atoms with Crippen molar-refractivity contribution in [2.75, 3.05) is 0 Å². The molecule has 0 aliphatic rings. The van der Waals surface area contributed by atoms with E-state index in [9.17, 15) is 0 Å². The normalized spacial score (nSPS) is 6.73. The minimum atomic E-state index is 0.309. The first-order chi connectivity index (χ1) is 17.9. The van der Waals surface area contributed by atoms with Crippen molar-refractivity contribution in [3.63, 3.8) is 0 Å². The molecule has 6 N–H and O–H groups in total. The Morgan fingerprint density at radius 2 is 0.486 bits per heavy atom. The Hall–Kier alpha value is -6.06. The molecule has 0 amide bonds. The fourth-order valence-electron chi connectivity index (χ4n) is 2.51. The monoisotopic (exact) mass is 502 g/mol. The molecule has 0 heterocycles. The summed E-state index contributed by atoms with van der Waals surface area (Å²) >= 11 is 0. The Bertz CT molecular complexity index is 965. The van der Waals surface area contributed by atoms with Crippen molar-refractivity contribution in [1.29, 1.82) is 32.5 Å². The van der Waals surface area contributed by atoms with Crippen LogP contribution in [0.5, 0.6) is 0 Å². The summed E-state index contributed by atoms with van der Waals surface area (Å²) in [5, 5.41) is 32.4. The zero-order chi connectivity index (χ0) is 29.2. The molecule has 3 aromatic carbocycles. The largest absolute Gasteiger partial charge is 0.231 e. The number of rotatable bonds is 3. The van der Waals surface area contributed by atoms with Crippen molar-refractivity contribution in [2.45, 2.75) is 5.92 Å². The summed E-state index contributed by atoms with van der Waals surface area (Å²) in [6.45, 7) is 0. The molecule has 0 aliphatic carbocycles. The molecule has 12 heteroatoms. The highest BCUT2D eigenvalue weighted by molar-refractivity contribution is 5.42. The summed E-state index contributed by atoms with van der Waals surface area (Å²) < 4.78 is 0. The van der Waals surface area contributed by atoms with Gasteiger partial charge >= 0.3 is 0 Å². The average Bonchev–Trinajstić information content (AvgIpc) is 2.89. The van der Waals surface area contributed by atoms with E-state index in [0.717, 1.165) is 36.5 Å². The molecule has 0 saturated carbocycles. The van der Waals surface area contributed by atoms with Crippen LogP contribution >= 0.6 is 0 Å². The summed E-state index contributed by atoms with van der Waals surface area (Å²) in [5.74, 6) is 0.309. The second-order valence-electron chi connectivity index (χ2n) is 5.28. The Morgan fingerprint density at radius 1 is 0.351 bits per heavy atom. The molecular formula is C25H22N6O6. The fraction of sp³-hybridized carbons (Fsp3) is 0.0400. The van der Waals surface area contributed by atoms with Crippen LogP contribution in [0.1, 0.15) is 22.6 Å². The maximum atomic E-state index is 8.35. The van der Waals surface area contributed by atoms with E-state index < -0.39 is 0 Å². The number of isocyanates is 6. The van der Waals surface area contributed by atoms with Gasteiger partial charge in [-0.15, -0.1) is 0 Å². The van der Waals surface area contributed by atoms with E-state index in [2.05, 4.69) is 91.0 Å². The molecule has 0 spiro atoms. The number of benzene rings is 3. The third-order valence-corrected chi connectivity index (χ3v) is 3.40. The second-order valence-corrected chi connectivity index (χ2v) is 5.28. The lowest BCUT2D eigenvalue weighted by molar-refractivity contribution is 0.562. The molecule has 3 aromatic rings. The quantitative estimate of drug-likeness (QED) is 0.173. The van der Waals surface area contributed by atoms with E-state index >= 15 is 0 Å². The SMILES string of the molecule is N=C=O.N=C=O.N=C=O.N=C=O.N=C=O.N=C=O.c1ccc(C(c2ccccc2)c2ccccc2)cc1. The van der Waals surface area contributed by atoms with Gasteiger partial charge in [0.15, 0.2) is 0 Å². The molecule has 12 nitrogen and oxygen atoms in total. The van der Waals surface area contributed by atoms with Gasteiger partial charge in [0, 0.05) is 5.92 Å². The van der Waals surface area contributed by atoms with E-state index in [1.165, 1.54) is 16.7 Å². The molecule has 0 bridgehead atoms. The molecule has 0 unspecified atom stereocenters. The molecule has 0 aromatic heterocycles. The lowest BCUT2D eigenvalue weighted by Gasteiger charge is -2.18. The zero-order valence-electron chi connectivity index (χ0n) is 19.2. The highest BCUT2D eigenvalue weighted by Gasteiger charge is 2.15. The second kappa shape index (κ2) is 34.6. The maximum Gasteiger partial charge on any atom is 0.231 e. The van der Waals surface area contributed by atoms with Crippen LogP contribution in [0.25, 0.3) is 0 Å². The average molecular weight is 502 g/mol. The van der Waals surface area contributed by atoms with Gasteiger partial charge in [0.25, 0.3) is 0 Å². The first-order valence-electron chi connectivity index (χ1n) is 9.32. The predicted octanol–water partition coefficient (Wildman–Crippen LogP) is 4.27. The molecule has 0 atom stereocenters. The van der Waals surface area contributed by atoms with Gasteiger partial charge in [0.1, 0.15) is 0 Å². The van der Waals surface area contributed by atoms with Gasteiger partial charge in [-0.05, 0) is 16.7 Å². The molecule has 0 radical (unpaired) electrons. The smallest absolute Gasteiger partial charge is 0.222 e. The Morgan fingerprint density at radius 3 is 0.622 bits per heavy atom. The van der Waals surface area contributed by atoms with Crippen molar-refractivity contribution in [3.05, 3.63) is 108 Å². The van der Waals surface area contributed by atoms with Crippen LogP contribution in [0, 0.1) is 32.5 Å². The summed E-state index contributed by atoms with van der Waals surface area (Å²) in [4.78, 5) is 50.1. The molecule has 3 rings (SSSR count). The van der Waals surface area contributed by atoms with Crippen molar-refractivity contribution < 1.29 is 28.8 Å². The molecule has 0 aliphatic heterocycles. The minimum absolute atomic E-state index is 0.309. The summed E-state index contributed by atoms with van der Waals surface area (Å²) in [6.07, 6.45) is 4.50. The number of carbonyl (C=O) groups excluding carboxylic acids is 6. The highest BCUT2D eigenvalue weighted by Crippen LogP contribution is 2.31. The van der Waals surface area contributed by atoms with Crippen LogP contribution in [-0.4, -0.2) is 36.5 Å². The van der Waals surface area contributed by atoms with Gasteiger partial charge < -0.3 is 0 Å². The summed E-state index contributed by atoms with van der Waals surface area (Å²) in [5.41, 5.74) is 4.00. The summed E-state index contributed by atoms with van der Waals surface area (Å²) in [6, 6.07) is 32.0. The van der Waals surface area contributed by atoms with Crippen LogP contribution in [0.15, 0.2) is 91.0 Å². The van der Waals surface area contributed by atoms with Crippen LogP contribution < -0.4 is 0 Å². The zero-order valence-corrected chi connectivity index (χ0v) is 19.2.